The lowest BCUT2D eigenvalue weighted by Crippen LogP contribution is -2.42. The van der Waals surface area contributed by atoms with E-state index < -0.39 is 0 Å². The number of rotatable bonds is 2. The van der Waals surface area contributed by atoms with E-state index in [1.807, 2.05) is 11.9 Å². The van der Waals surface area contributed by atoms with Crippen LogP contribution in [0.1, 0.15) is 19.3 Å². The number of nitrogens with one attached hydrogen (secondary N) is 1. The molecule has 1 heterocycles. The van der Waals surface area contributed by atoms with Crippen LogP contribution in [0.15, 0.2) is 0 Å². The predicted molar refractivity (Wildman–Crippen MR) is 55.5 cm³/mol. The number of hydrogen-bond acceptors (Lipinski definition) is 3. The van der Waals surface area contributed by atoms with Gasteiger partial charge in [-0.25, -0.2) is 0 Å². The van der Waals surface area contributed by atoms with Crippen molar-refractivity contribution in [3.63, 3.8) is 0 Å². The molecule has 14 heavy (non-hydrogen) atoms. The first-order chi connectivity index (χ1) is 6.18. The average molecular weight is 221 g/mol. The molecule has 0 aromatic rings. The number of aliphatic hydroxyl groups excluding tert-OH is 1. The largest absolute Gasteiger partial charge is 0.392 e. The average Bonchev–Trinajstić information content (AvgIpc) is 2.87. The maximum absolute atomic E-state index is 11.7. The molecular weight excluding hydrogens is 204 g/mol. The van der Waals surface area contributed by atoms with Crippen LogP contribution in [0.2, 0.25) is 0 Å². The Morgan fingerprint density at radius 2 is 2.14 bits per heavy atom. The first-order valence-corrected chi connectivity index (χ1v) is 4.86. The van der Waals surface area contributed by atoms with Crippen molar-refractivity contribution < 1.29 is 9.90 Å². The summed E-state index contributed by atoms with van der Waals surface area (Å²) in [5, 5.41) is 12.3. The summed E-state index contributed by atoms with van der Waals surface area (Å²) in [6.45, 7) is 0.551. The van der Waals surface area contributed by atoms with Crippen molar-refractivity contribution in [2.24, 2.45) is 0 Å². The van der Waals surface area contributed by atoms with Crippen LogP contribution in [-0.4, -0.2) is 47.7 Å². The van der Waals surface area contributed by atoms with Crippen LogP contribution in [-0.2, 0) is 4.79 Å². The van der Waals surface area contributed by atoms with Crippen LogP contribution >= 0.6 is 12.4 Å². The number of hydrogen-bond donors (Lipinski definition) is 2. The van der Waals surface area contributed by atoms with E-state index in [4.69, 9.17) is 0 Å². The van der Waals surface area contributed by atoms with Crippen molar-refractivity contribution in [3.8, 4) is 0 Å². The normalized spacial score (nSPS) is 31.0. The molecule has 2 aliphatic rings. The fourth-order valence-electron chi connectivity index (χ4n) is 1.79. The SMILES string of the molecule is CN(C(=O)[C@H]1C[C@H](O)CN1)C1CC1.Cl. The second-order valence-electron chi connectivity index (χ2n) is 4.03. The van der Waals surface area contributed by atoms with Crippen LogP contribution in [0, 0.1) is 0 Å². The summed E-state index contributed by atoms with van der Waals surface area (Å²) >= 11 is 0. The Bertz CT molecular complexity index is 221. The summed E-state index contributed by atoms with van der Waals surface area (Å²) in [5.41, 5.74) is 0. The molecule has 1 saturated carbocycles. The van der Waals surface area contributed by atoms with Gasteiger partial charge < -0.3 is 15.3 Å². The molecule has 0 aromatic carbocycles. The van der Waals surface area contributed by atoms with E-state index in [0.29, 0.717) is 19.0 Å². The number of nitrogens with zero attached hydrogens (tertiary/aromatic N) is 1. The highest BCUT2D eigenvalue weighted by molar-refractivity contribution is 5.85. The third kappa shape index (κ3) is 2.38. The zero-order valence-electron chi connectivity index (χ0n) is 8.27. The van der Waals surface area contributed by atoms with Gasteiger partial charge in [-0.2, -0.15) is 0 Å². The minimum atomic E-state index is -0.346. The van der Waals surface area contributed by atoms with Crippen LogP contribution in [0.5, 0.6) is 0 Å². The highest BCUT2D eigenvalue weighted by Gasteiger charge is 2.36. The highest BCUT2D eigenvalue weighted by Crippen LogP contribution is 2.26. The molecule has 0 aromatic heterocycles. The molecular formula is C9H17ClN2O2. The summed E-state index contributed by atoms with van der Waals surface area (Å²) in [4.78, 5) is 13.5. The third-order valence-electron chi connectivity index (χ3n) is 2.85. The smallest absolute Gasteiger partial charge is 0.239 e. The molecule has 4 nitrogen and oxygen atoms in total. The number of likely N-dealkylation sites (N-methyl/N-ethyl adjacent to an activating group) is 1. The molecule has 0 unspecified atom stereocenters. The minimum Gasteiger partial charge on any atom is -0.392 e. The number of halogens is 1. The van der Waals surface area contributed by atoms with Crippen LogP contribution in [0.4, 0.5) is 0 Å². The summed E-state index contributed by atoms with van der Waals surface area (Å²) in [6, 6.07) is 0.313. The molecule has 2 fully saturated rings. The van der Waals surface area contributed by atoms with Crippen molar-refractivity contribution in [3.05, 3.63) is 0 Å². The van der Waals surface area contributed by atoms with Gasteiger partial charge in [-0.05, 0) is 19.3 Å². The fraction of sp³-hybridized carbons (Fsp3) is 0.889. The molecule has 2 rings (SSSR count). The molecule has 2 atom stereocenters. The third-order valence-corrected chi connectivity index (χ3v) is 2.85. The summed E-state index contributed by atoms with van der Waals surface area (Å²) < 4.78 is 0. The second kappa shape index (κ2) is 4.47. The van der Waals surface area contributed by atoms with Crippen LogP contribution < -0.4 is 5.32 Å². The first-order valence-electron chi connectivity index (χ1n) is 4.86. The molecule has 82 valence electrons. The van der Waals surface area contributed by atoms with Crippen molar-refractivity contribution in [2.45, 2.75) is 37.5 Å². The topological polar surface area (TPSA) is 52.6 Å². The van der Waals surface area contributed by atoms with Gasteiger partial charge in [-0.1, -0.05) is 0 Å². The van der Waals surface area contributed by atoms with E-state index >= 15 is 0 Å². The van der Waals surface area contributed by atoms with Crippen LogP contribution in [0.25, 0.3) is 0 Å². The second-order valence-corrected chi connectivity index (χ2v) is 4.03. The molecule has 1 aliphatic heterocycles. The lowest BCUT2D eigenvalue weighted by atomic mass is 10.2. The molecule has 0 bridgehead atoms. The maximum Gasteiger partial charge on any atom is 0.239 e. The highest BCUT2D eigenvalue weighted by atomic mass is 35.5. The zero-order chi connectivity index (χ0) is 9.42. The van der Waals surface area contributed by atoms with Gasteiger partial charge >= 0.3 is 0 Å². The molecule has 1 aliphatic carbocycles. The lowest BCUT2D eigenvalue weighted by molar-refractivity contribution is -0.132. The zero-order valence-corrected chi connectivity index (χ0v) is 9.09. The van der Waals surface area contributed by atoms with Crippen molar-refractivity contribution in [2.75, 3.05) is 13.6 Å². The van der Waals surface area contributed by atoms with Crippen molar-refractivity contribution in [1.29, 1.82) is 0 Å². The van der Waals surface area contributed by atoms with E-state index in [-0.39, 0.29) is 30.5 Å². The number of carbonyl (C=O) groups excluding carboxylic acids is 1. The Labute approximate surface area is 90.1 Å². The van der Waals surface area contributed by atoms with Crippen LogP contribution in [0.3, 0.4) is 0 Å². The Morgan fingerprint density at radius 3 is 2.57 bits per heavy atom. The lowest BCUT2D eigenvalue weighted by Gasteiger charge is -2.20. The van der Waals surface area contributed by atoms with Gasteiger partial charge in [0.05, 0.1) is 12.1 Å². The first kappa shape index (κ1) is 11.8. The maximum atomic E-state index is 11.7. The Kier molecular flexibility index (Phi) is 3.75. The van der Waals surface area contributed by atoms with Gasteiger partial charge in [0, 0.05) is 19.6 Å². The monoisotopic (exact) mass is 220 g/mol. The molecule has 1 saturated heterocycles. The number of amides is 1. The standard InChI is InChI=1S/C9H16N2O2.ClH/c1-11(6-2-3-6)9(13)8-4-7(12)5-10-8;/h6-8,10,12H,2-5H2,1H3;1H/t7-,8+;/m0./s1. The van der Waals surface area contributed by atoms with Gasteiger partial charge in [0.25, 0.3) is 0 Å². The quantitative estimate of drug-likeness (QED) is 0.675. The number of β-amino-alcohol motifs (C(OH)–C–C–N with tert-alkyl or cyclic N) is 1. The van der Waals surface area contributed by atoms with Crippen molar-refractivity contribution in [1.82, 2.24) is 10.2 Å². The predicted octanol–water partition coefficient (Wildman–Crippen LogP) is -0.248. The van der Waals surface area contributed by atoms with Gasteiger partial charge in [-0.3, -0.25) is 4.79 Å². The van der Waals surface area contributed by atoms with E-state index in [2.05, 4.69) is 5.32 Å². The Morgan fingerprint density at radius 1 is 1.50 bits per heavy atom. The molecule has 0 radical (unpaired) electrons. The van der Waals surface area contributed by atoms with Gasteiger partial charge in [-0.15, -0.1) is 12.4 Å². The van der Waals surface area contributed by atoms with Crippen molar-refractivity contribution >= 4 is 18.3 Å². The van der Waals surface area contributed by atoms with E-state index in [9.17, 15) is 9.90 Å². The number of carbonyl (C=O) groups is 1. The van der Waals surface area contributed by atoms with Gasteiger partial charge in [0.15, 0.2) is 0 Å². The van der Waals surface area contributed by atoms with E-state index in [0.717, 1.165) is 12.8 Å². The summed E-state index contributed by atoms with van der Waals surface area (Å²) in [5.74, 6) is 0.138. The number of aliphatic hydroxyl groups is 1. The van der Waals surface area contributed by atoms with Gasteiger partial charge in [0.1, 0.15) is 0 Å². The van der Waals surface area contributed by atoms with E-state index in [1.54, 1.807) is 0 Å². The molecule has 1 amide bonds. The Balaban J connectivity index is 0.000000980. The summed E-state index contributed by atoms with van der Waals surface area (Å²) in [6.07, 6.45) is 2.49. The summed E-state index contributed by atoms with van der Waals surface area (Å²) in [7, 11) is 1.85. The van der Waals surface area contributed by atoms with Gasteiger partial charge in [0.2, 0.25) is 5.91 Å². The molecule has 0 spiro atoms. The Hall–Kier alpha value is -0.320. The fourth-order valence-corrected chi connectivity index (χ4v) is 1.79. The minimum absolute atomic E-state index is 0. The molecule has 5 heteroatoms. The van der Waals surface area contributed by atoms with E-state index in [1.165, 1.54) is 0 Å². The molecule has 2 N–H and O–H groups in total.